The van der Waals surface area contributed by atoms with Gasteiger partial charge in [0.1, 0.15) is 5.54 Å². The van der Waals surface area contributed by atoms with E-state index in [1.807, 2.05) is 4.90 Å². The third-order valence-electron chi connectivity index (χ3n) is 5.51. The Balaban J connectivity index is 0.00000225. The lowest BCUT2D eigenvalue weighted by Gasteiger charge is -2.29. The molecule has 2 saturated heterocycles. The number of rotatable bonds is 6. The lowest BCUT2D eigenvalue weighted by molar-refractivity contribution is -0.135. The Morgan fingerprint density at radius 1 is 1.32 bits per heavy atom. The van der Waals surface area contributed by atoms with Crippen LogP contribution in [0, 0.1) is 0 Å². The van der Waals surface area contributed by atoms with E-state index in [0.29, 0.717) is 0 Å². The van der Waals surface area contributed by atoms with Gasteiger partial charge in [0, 0.05) is 32.1 Å². The first-order valence-corrected chi connectivity index (χ1v) is 9.22. The van der Waals surface area contributed by atoms with Crippen LogP contribution in [0.4, 0.5) is 4.79 Å². The second-order valence-electron chi connectivity index (χ2n) is 7.16. The second kappa shape index (κ2) is 8.36. The number of hydrogen-bond acceptors (Lipinski definition) is 4. The molecule has 142 valence electrons. The molecule has 0 radical (unpaired) electrons. The highest BCUT2D eigenvalue weighted by atomic mass is 35.5. The normalized spacial score (nSPS) is 24.5. The van der Waals surface area contributed by atoms with Crippen LogP contribution in [0.2, 0.25) is 0 Å². The minimum atomic E-state index is -0.682. The predicted octanol–water partition coefficient (Wildman–Crippen LogP) is 1.26. The first-order valence-electron chi connectivity index (χ1n) is 9.22. The van der Waals surface area contributed by atoms with E-state index in [1.54, 1.807) is 0 Å². The molecule has 0 aromatic heterocycles. The SMILES string of the molecule is CCCN(C(=O)CCN1C(=O)NC2(CCCC2)C1=O)C1CCNC1.Cl. The van der Waals surface area contributed by atoms with Gasteiger partial charge >= 0.3 is 6.03 Å². The number of carbonyl (C=O) groups excluding carboxylic acids is 3. The number of carbonyl (C=O) groups is 3. The molecule has 2 aliphatic heterocycles. The van der Waals surface area contributed by atoms with Crippen molar-refractivity contribution in [3.8, 4) is 0 Å². The van der Waals surface area contributed by atoms with Crippen molar-refractivity contribution in [2.75, 3.05) is 26.2 Å². The molecule has 3 rings (SSSR count). The molecule has 1 saturated carbocycles. The van der Waals surface area contributed by atoms with Gasteiger partial charge in [-0.05, 0) is 32.2 Å². The zero-order chi connectivity index (χ0) is 17.2. The maximum Gasteiger partial charge on any atom is 0.325 e. The van der Waals surface area contributed by atoms with Gasteiger partial charge < -0.3 is 15.5 Å². The van der Waals surface area contributed by atoms with Crippen LogP contribution in [0.3, 0.4) is 0 Å². The molecule has 25 heavy (non-hydrogen) atoms. The van der Waals surface area contributed by atoms with E-state index in [9.17, 15) is 14.4 Å². The van der Waals surface area contributed by atoms with Gasteiger partial charge in [0.15, 0.2) is 0 Å². The maximum atomic E-state index is 12.6. The van der Waals surface area contributed by atoms with Crippen LogP contribution >= 0.6 is 12.4 Å². The fourth-order valence-electron chi connectivity index (χ4n) is 4.21. The summed E-state index contributed by atoms with van der Waals surface area (Å²) < 4.78 is 0. The van der Waals surface area contributed by atoms with Crippen LogP contribution in [-0.4, -0.2) is 65.4 Å². The number of halogens is 1. The minimum Gasteiger partial charge on any atom is -0.338 e. The Morgan fingerprint density at radius 3 is 2.64 bits per heavy atom. The van der Waals surface area contributed by atoms with Crippen molar-refractivity contribution >= 4 is 30.3 Å². The van der Waals surface area contributed by atoms with Crippen LogP contribution in [0.5, 0.6) is 0 Å². The zero-order valence-electron chi connectivity index (χ0n) is 14.9. The van der Waals surface area contributed by atoms with Crippen LogP contribution in [0.25, 0.3) is 0 Å². The second-order valence-corrected chi connectivity index (χ2v) is 7.16. The highest BCUT2D eigenvalue weighted by Crippen LogP contribution is 2.35. The Bertz CT molecular complexity index is 516. The number of nitrogens with zero attached hydrogens (tertiary/aromatic N) is 2. The fraction of sp³-hybridized carbons (Fsp3) is 0.824. The third kappa shape index (κ3) is 3.92. The number of hydrogen-bond donors (Lipinski definition) is 2. The van der Waals surface area contributed by atoms with Crippen molar-refractivity contribution in [1.29, 1.82) is 0 Å². The molecule has 2 N–H and O–H groups in total. The summed E-state index contributed by atoms with van der Waals surface area (Å²) in [5.74, 6) is -0.0964. The molecule has 0 aromatic carbocycles. The molecule has 1 aliphatic carbocycles. The quantitative estimate of drug-likeness (QED) is 0.688. The highest BCUT2D eigenvalue weighted by molar-refractivity contribution is 6.07. The Morgan fingerprint density at radius 2 is 2.04 bits per heavy atom. The molecule has 3 aliphatic rings. The minimum absolute atomic E-state index is 0. The largest absolute Gasteiger partial charge is 0.338 e. The summed E-state index contributed by atoms with van der Waals surface area (Å²) in [6, 6.07) is -0.0963. The number of nitrogens with one attached hydrogen (secondary N) is 2. The summed E-state index contributed by atoms with van der Waals surface area (Å²) in [5, 5.41) is 6.15. The molecule has 1 unspecified atom stereocenters. The summed E-state index contributed by atoms with van der Waals surface area (Å²) in [6.45, 7) is 4.75. The molecular formula is C17H29ClN4O3. The van der Waals surface area contributed by atoms with Gasteiger partial charge in [0.2, 0.25) is 5.91 Å². The molecule has 1 spiro atoms. The Hall–Kier alpha value is -1.34. The smallest absolute Gasteiger partial charge is 0.325 e. The van der Waals surface area contributed by atoms with Gasteiger partial charge in [0.25, 0.3) is 5.91 Å². The Kier molecular flexibility index (Phi) is 6.68. The van der Waals surface area contributed by atoms with Crippen molar-refractivity contribution < 1.29 is 14.4 Å². The van der Waals surface area contributed by atoms with Crippen LogP contribution in [0.1, 0.15) is 51.9 Å². The lowest BCUT2D eigenvalue weighted by atomic mass is 9.98. The molecule has 7 nitrogen and oxygen atoms in total. The average molecular weight is 373 g/mol. The van der Waals surface area contributed by atoms with Gasteiger partial charge in [-0.1, -0.05) is 19.8 Å². The van der Waals surface area contributed by atoms with Crippen LogP contribution in [0.15, 0.2) is 0 Å². The molecule has 2 heterocycles. The van der Waals surface area contributed by atoms with Gasteiger partial charge in [-0.25, -0.2) is 4.79 Å². The van der Waals surface area contributed by atoms with Crippen molar-refractivity contribution in [2.24, 2.45) is 0 Å². The standard InChI is InChI=1S/C17H28N4O3.ClH/c1-2-10-20(13-5-9-18-12-13)14(22)6-11-21-15(23)17(19-16(21)24)7-3-4-8-17;/h13,18H,2-12H2,1H3,(H,19,24);1H. The van der Waals surface area contributed by atoms with E-state index in [0.717, 1.165) is 58.2 Å². The molecule has 3 fully saturated rings. The number of imide groups is 1. The van der Waals surface area contributed by atoms with Crippen molar-refractivity contribution in [3.63, 3.8) is 0 Å². The van der Waals surface area contributed by atoms with Crippen LogP contribution < -0.4 is 10.6 Å². The molecule has 0 bridgehead atoms. The Labute approximate surface area is 155 Å². The average Bonchev–Trinajstić information content (AvgIpc) is 3.28. The van der Waals surface area contributed by atoms with Crippen molar-refractivity contribution in [2.45, 2.75) is 63.5 Å². The first kappa shape index (κ1) is 20.0. The first-order chi connectivity index (χ1) is 11.6. The maximum absolute atomic E-state index is 12.6. The molecule has 4 amide bonds. The lowest BCUT2D eigenvalue weighted by Crippen LogP contribution is -2.45. The summed E-state index contributed by atoms with van der Waals surface area (Å²) in [4.78, 5) is 40.6. The number of urea groups is 1. The van der Waals surface area contributed by atoms with Gasteiger partial charge in [0.05, 0.1) is 0 Å². The summed E-state index contributed by atoms with van der Waals surface area (Å²) in [7, 11) is 0. The summed E-state index contributed by atoms with van der Waals surface area (Å²) in [5.41, 5.74) is -0.682. The van der Waals surface area contributed by atoms with Gasteiger partial charge in [-0.3, -0.25) is 14.5 Å². The van der Waals surface area contributed by atoms with Crippen LogP contribution in [-0.2, 0) is 9.59 Å². The molecular weight excluding hydrogens is 344 g/mol. The van der Waals surface area contributed by atoms with Gasteiger partial charge in [-0.2, -0.15) is 0 Å². The fourth-order valence-corrected chi connectivity index (χ4v) is 4.21. The summed E-state index contributed by atoms with van der Waals surface area (Å²) in [6.07, 6.45) is 5.48. The predicted molar refractivity (Wildman–Crippen MR) is 96.6 cm³/mol. The summed E-state index contributed by atoms with van der Waals surface area (Å²) >= 11 is 0. The van der Waals surface area contributed by atoms with Gasteiger partial charge in [-0.15, -0.1) is 12.4 Å². The van der Waals surface area contributed by atoms with E-state index in [4.69, 9.17) is 0 Å². The highest BCUT2D eigenvalue weighted by Gasteiger charge is 2.52. The van der Waals surface area contributed by atoms with E-state index >= 15 is 0 Å². The monoisotopic (exact) mass is 372 g/mol. The number of amides is 4. The third-order valence-corrected chi connectivity index (χ3v) is 5.51. The van der Waals surface area contributed by atoms with E-state index < -0.39 is 5.54 Å². The topological polar surface area (TPSA) is 81.8 Å². The molecule has 1 atom stereocenters. The van der Waals surface area contributed by atoms with E-state index in [-0.39, 0.29) is 49.3 Å². The van der Waals surface area contributed by atoms with E-state index in [1.165, 1.54) is 4.90 Å². The zero-order valence-corrected chi connectivity index (χ0v) is 15.7. The molecule has 0 aromatic rings. The molecule has 8 heteroatoms. The van der Waals surface area contributed by atoms with E-state index in [2.05, 4.69) is 17.6 Å². The van der Waals surface area contributed by atoms with Crippen molar-refractivity contribution in [3.05, 3.63) is 0 Å². The van der Waals surface area contributed by atoms with Crippen molar-refractivity contribution in [1.82, 2.24) is 20.4 Å².